The molecule has 0 saturated heterocycles. The van der Waals surface area contributed by atoms with Gasteiger partial charge in [-0.05, 0) is 66.6 Å². The smallest absolute Gasteiger partial charge is 0.166 e. The van der Waals surface area contributed by atoms with E-state index in [2.05, 4.69) is 64.3 Å². The first-order chi connectivity index (χ1) is 8.20. The van der Waals surface area contributed by atoms with E-state index in [1.54, 1.807) is 0 Å². The lowest BCUT2D eigenvalue weighted by atomic mass is 10.1. The van der Waals surface area contributed by atoms with E-state index in [4.69, 9.17) is 12.2 Å². The van der Waals surface area contributed by atoms with Crippen LogP contribution in [0.25, 0.3) is 0 Å². The fourth-order valence-corrected chi connectivity index (χ4v) is 1.78. The predicted octanol–water partition coefficient (Wildman–Crippen LogP) is 3.94. The van der Waals surface area contributed by atoms with Gasteiger partial charge in [0, 0.05) is 12.1 Å². The molecule has 0 aromatic carbocycles. The normalized spacial score (nSPS) is 12.0. The number of hydrogen-bond donors (Lipinski definition) is 2. The average Bonchev–Trinajstić information content (AvgIpc) is 2.13. The van der Waals surface area contributed by atoms with E-state index in [0.29, 0.717) is 0 Å². The Bertz CT molecular complexity index is 318. The highest BCUT2D eigenvalue weighted by molar-refractivity contribution is 7.80. The molecule has 2 N–H and O–H groups in total. The molecule has 0 rings (SSSR count). The Hall–Kier alpha value is -0.830. The number of thiocarbonyl (C=S) groups is 1. The minimum atomic E-state index is 0.0201. The van der Waals surface area contributed by atoms with Gasteiger partial charge in [-0.3, -0.25) is 0 Å². The third kappa shape index (κ3) is 11.6. The van der Waals surface area contributed by atoms with Gasteiger partial charge in [0.15, 0.2) is 5.11 Å². The molecule has 0 heterocycles. The van der Waals surface area contributed by atoms with Crippen molar-refractivity contribution in [1.29, 1.82) is 0 Å². The number of allylic oxidation sites excluding steroid dienone is 3. The first-order valence-corrected chi connectivity index (χ1v) is 6.96. The Morgan fingerprint density at radius 1 is 1.11 bits per heavy atom. The molecule has 0 atom stereocenters. The Labute approximate surface area is 118 Å². The Morgan fingerprint density at radius 2 is 1.72 bits per heavy atom. The predicted molar refractivity (Wildman–Crippen MR) is 85.9 cm³/mol. The summed E-state index contributed by atoms with van der Waals surface area (Å²) in [7, 11) is 0. The maximum absolute atomic E-state index is 5.21. The molecule has 0 aliphatic heterocycles. The summed E-state index contributed by atoms with van der Waals surface area (Å²) in [6, 6.07) is 0. The van der Waals surface area contributed by atoms with Gasteiger partial charge in [-0.25, -0.2) is 0 Å². The van der Waals surface area contributed by atoms with Gasteiger partial charge in [0.05, 0.1) is 0 Å². The van der Waals surface area contributed by atoms with Gasteiger partial charge in [-0.2, -0.15) is 0 Å². The zero-order valence-electron chi connectivity index (χ0n) is 12.7. The van der Waals surface area contributed by atoms with Crippen LogP contribution in [0.1, 0.15) is 54.4 Å². The summed E-state index contributed by atoms with van der Waals surface area (Å²) in [6.07, 6.45) is 6.72. The summed E-state index contributed by atoms with van der Waals surface area (Å²) in [5.41, 5.74) is 2.81. The monoisotopic (exact) mass is 268 g/mol. The molecular formula is C15H28N2S. The Kier molecular flexibility index (Phi) is 7.92. The van der Waals surface area contributed by atoms with E-state index in [1.165, 1.54) is 11.1 Å². The van der Waals surface area contributed by atoms with Gasteiger partial charge in [0.25, 0.3) is 0 Å². The van der Waals surface area contributed by atoms with Crippen molar-refractivity contribution in [3.63, 3.8) is 0 Å². The standard InChI is InChI=1S/C15H28N2S/c1-12(2)8-7-9-13(3)10-11-16-14(18)17-15(4,5)6/h8,10H,7,9,11H2,1-6H3,(H2,16,17,18)/b13-10+. The van der Waals surface area contributed by atoms with Crippen LogP contribution in [0.4, 0.5) is 0 Å². The van der Waals surface area contributed by atoms with Gasteiger partial charge in [-0.15, -0.1) is 0 Å². The van der Waals surface area contributed by atoms with E-state index in [-0.39, 0.29) is 5.54 Å². The van der Waals surface area contributed by atoms with Crippen molar-refractivity contribution in [1.82, 2.24) is 10.6 Å². The van der Waals surface area contributed by atoms with Gasteiger partial charge < -0.3 is 10.6 Å². The molecule has 18 heavy (non-hydrogen) atoms. The number of rotatable bonds is 5. The summed E-state index contributed by atoms with van der Waals surface area (Å²) in [6.45, 7) is 13.5. The van der Waals surface area contributed by atoms with Gasteiger partial charge in [0.2, 0.25) is 0 Å². The van der Waals surface area contributed by atoms with Crippen LogP contribution in [-0.2, 0) is 0 Å². The summed E-state index contributed by atoms with van der Waals surface area (Å²) < 4.78 is 0. The Balaban J connectivity index is 3.87. The first-order valence-electron chi connectivity index (χ1n) is 6.56. The summed E-state index contributed by atoms with van der Waals surface area (Å²) >= 11 is 5.21. The minimum Gasteiger partial charge on any atom is -0.359 e. The fourth-order valence-electron chi connectivity index (χ4n) is 1.39. The van der Waals surface area contributed by atoms with Crippen molar-refractivity contribution in [3.05, 3.63) is 23.3 Å². The van der Waals surface area contributed by atoms with E-state index in [1.807, 2.05) is 0 Å². The SMILES string of the molecule is CC(C)=CCC/C(C)=C/CNC(=S)NC(C)(C)C. The molecule has 0 radical (unpaired) electrons. The van der Waals surface area contributed by atoms with Crippen molar-refractivity contribution in [2.24, 2.45) is 0 Å². The molecule has 0 bridgehead atoms. The lowest BCUT2D eigenvalue weighted by Crippen LogP contribution is -2.46. The van der Waals surface area contributed by atoms with Crippen molar-refractivity contribution < 1.29 is 0 Å². The molecule has 0 saturated carbocycles. The van der Waals surface area contributed by atoms with Crippen LogP contribution in [0, 0.1) is 0 Å². The summed E-state index contributed by atoms with van der Waals surface area (Å²) in [5.74, 6) is 0. The van der Waals surface area contributed by atoms with E-state index in [0.717, 1.165) is 24.5 Å². The first kappa shape index (κ1) is 17.2. The molecule has 0 aromatic heterocycles. The highest BCUT2D eigenvalue weighted by atomic mass is 32.1. The molecule has 0 unspecified atom stereocenters. The van der Waals surface area contributed by atoms with Crippen molar-refractivity contribution in [2.75, 3.05) is 6.54 Å². The molecule has 3 heteroatoms. The molecule has 0 fully saturated rings. The van der Waals surface area contributed by atoms with Crippen LogP contribution in [0.2, 0.25) is 0 Å². The largest absolute Gasteiger partial charge is 0.359 e. The zero-order chi connectivity index (χ0) is 14.2. The van der Waals surface area contributed by atoms with Crippen molar-refractivity contribution in [3.8, 4) is 0 Å². The fraction of sp³-hybridized carbons (Fsp3) is 0.667. The average molecular weight is 268 g/mol. The maximum atomic E-state index is 5.21. The maximum Gasteiger partial charge on any atom is 0.166 e. The third-order valence-electron chi connectivity index (χ3n) is 2.29. The highest BCUT2D eigenvalue weighted by Crippen LogP contribution is 2.05. The molecule has 0 amide bonds. The molecule has 0 spiro atoms. The van der Waals surface area contributed by atoms with Crippen LogP contribution < -0.4 is 10.6 Å². The lowest BCUT2D eigenvalue weighted by molar-refractivity contribution is 0.508. The second-order valence-corrected chi connectivity index (χ2v) is 6.36. The van der Waals surface area contributed by atoms with Crippen LogP contribution >= 0.6 is 12.2 Å². The third-order valence-corrected chi connectivity index (χ3v) is 2.54. The second kappa shape index (κ2) is 8.30. The topological polar surface area (TPSA) is 24.1 Å². The van der Waals surface area contributed by atoms with Gasteiger partial charge >= 0.3 is 0 Å². The Morgan fingerprint density at radius 3 is 2.22 bits per heavy atom. The van der Waals surface area contributed by atoms with E-state index in [9.17, 15) is 0 Å². The molecule has 104 valence electrons. The van der Waals surface area contributed by atoms with Gasteiger partial charge in [-0.1, -0.05) is 23.3 Å². The summed E-state index contributed by atoms with van der Waals surface area (Å²) in [4.78, 5) is 0. The number of hydrogen-bond acceptors (Lipinski definition) is 1. The van der Waals surface area contributed by atoms with Crippen LogP contribution in [0.5, 0.6) is 0 Å². The van der Waals surface area contributed by atoms with Crippen molar-refractivity contribution >= 4 is 17.3 Å². The number of nitrogens with one attached hydrogen (secondary N) is 2. The molecule has 0 aromatic rings. The lowest BCUT2D eigenvalue weighted by Gasteiger charge is -2.22. The highest BCUT2D eigenvalue weighted by Gasteiger charge is 2.09. The van der Waals surface area contributed by atoms with Crippen LogP contribution in [0.3, 0.4) is 0 Å². The molecule has 0 aliphatic carbocycles. The second-order valence-electron chi connectivity index (χ2n) is 5.96. The van der Waals surface area contributed by atoms with Crippen LogP contribution in [-0.4, -0.2) is 17.2 Å². The minimum absolute atomic E-state index is 0.0201. The van der Waals surface area contributed by atoms with E-state index >= 15 is 0 Å². The van der Waals surface area contributed by atoms with Crippen LogP contribution in [0.15, 0.2) is 23.3 Å². The summed E-state index contributed by atoms with van der Waals surface area (Å²) in [5, 5.41) is 7.15. The van der Waals surface area contributed by atoms with Gasteiger partial charge in [0.1, 0.15) is 0 Å². The zero-order valence-corrected chi connectivity index (χ0v) is 13.5. The molecule has 0 aliphatic rings. The molecular weight excluding hydrogens is 240 g/mol. The quantitative estimate of drug-likeness (QED) is 0.583. The van der Waals surface area contributed by atoms with Crippen molar-refractivity contribution in [2.45, 2.75) is 59.9 Å². The van der Waals surface area contributed by atoms with E-state index < -0.39 is 0 Å². The molecule has 2 nitrogen and oxygen atoms in total.